The third kappa shape index (κ3) is 3.86. The molecule has 10 heteroatoms. The maximum absolute atomic E-state index is 13.3. The van der Waals surface area contributed by atoms with Crippen LogP contribution in [0, 0.1) is 13.8 Å². The Morgan fingerprint density at radius 1 is 1.09 bits per heavy atom. The Morgan fingerprint density at radius 3 is 2.54 bits per heavy atom. The number of para-hydroxylation sites is 1. The van der Waals surface area contributed by atoms with Crippen LogP contribution in [-0.2, 0) is 15.1 Å². The average Bonchev–Trinajstić information content (AvgIpc) is 3.26. The van der Waals surface area contributed by atoms with Crippen LogP contribution < -0.4 is 20.1 Å². The van der Waals surface area contributed by atoms with Gasteiger partial charge in [-0.1, -0.05) is 24.3 Å². The number of aromatic nitrogens is 2. The van der Waals surface area contributed by atoms with Crippen LogP contribution in [0.4, 0.5) is 10.5 Å². The molecule has 0 bridgehead atoms. The monoisotopic (exact) mass is 475 g/mol. The van der Waals surface area contributed by atoms with Gasteiger partial charge in [-0.05, 0) is 50.6 Å². The number of carbonyl (C=O) groups excluding carboxylic acids is 3. The summed E-state index contributed by atoms with van der Waals surface area (Å²) in [6.07, 6.45) is 0. The average molecular weight is 476 g/mol. The number of nitrogens with one attached hydrogen (secondary N) is 2. The molecule has 3 heterocycles. The predicted molar refractivity (Wildman–Crippen MR) is 127 cm³/mol. The number of carbonyl (C=O) groups is 3. The van der Waals surface area contributed by atoms with Gasteiger partial charge in [0.2, 0.25) is 5.91 Å². The van der Waals surface area contributed by atoms with Gasteiger partial charge >= 0.3 is 6.03 Å². The van der Waals surface area contributed by atoms with E-state index in [9.17, 15) is 14.4 Å². The molecule has 1 saturated heterocycles. The summed E-state index contributed by atoms with van der Waals surface area (Å²) >= 11 is 0. The van der Waals surface area contributed by atoms with Crippen molar-refractivity contribution >= 4 is 23.5 Å². The number of rotatable bonds is 5. The molecule has 10 nitrogen and oxygen atoms in total. The summed E-state index contributed by atoms with van der Waals surface area (Å²) in [4.78, 5) is 39.8. The highest BCUT2D eigenvalue weighted by Gasteiger charge is 2.50. The summed E-state index contributed by atoms with van der Waals surface area (Å²) in [5, 5.41) is 10.0. The van der Waals surface area contributed by atoms with Crippen LogP contribution in [0.2, 0.25) is 0 Å². The van der Waals surface area contributed by atoms with Gasteiger partial charge in [0.25, 0.3) is 5.91 Å². The molecule has 4 amide bonds. The topological polar surface area (TPSA) is 115 Å². The van der Waals surface area contributed by atoms with E-state index in [2.05, 4.69) is 15.7 Å². The minimum absolute atomic E-state index is 0.402. The first-order chi connectivity index (χ1) is 16.8. The Bertz CT molecular complexity index is 1340. The van der Waals surface area contributed by atoms with E-state index < -0.39 is 29.9 Å². The van der Waals surface area contributed by atoms with Crippen molar-refractivity contribution in [3.8, 4) is 17.2 Å². The van der Waals surface area contributed by atoms with Crippen LogP contribution in [0.1, 0.15) is 23.9 Å². The van der Waals surface area contributed by atoms with Crippen molar-refractivity contribution in [3.63, 3.8) is 0 Å². The van der Waals surface area contributed by atoms with E-state index in [1.54, 1.807) is 36.7 Å². The zero-order chi connectivity index (χ0) is 24.7. The van der Waals surface area contributed by atoms with Crippen LogP contribution in [0.15, 0.2) is 48.5 Å². The molecule has 2 aliphatic rings. The Balaban J connectivity index is 1.33. The SMILES string of the molecule is Cc1nn(-c2ccccc2)c(C)c1NC(=O)CN1C(=O)NC(C)(c2ccc3c(c2)OCCO3)C1=O. The third-order valence-electron chi connectivity index (χ3n) is 6.25. The maximum atomic E-state index is 13.3. The van der Waals surface area contributed by atoms with Gasteiger partial charge in [-0.3, -0.25) is 14.5 Å². The van der Waals surface area contributed by atoms with Gasteiger partial charge in [-0.2, -0.15) is 5.10 Å². The second-order valence-corrected chi connectivity index (χ2v) is 8.65. The molecule has 0 aliphatic carbocycles. The van der Waals surface area contributed by atoms with Crippen molar-refractivity contribution in [1.82, 2.24) is 20.0 Å². The third-order valence-corrected chi connectivity index (χ3v) is 6.25. The van der Waals surface area contributed by atoms with E-state index in [4.69, 9.17) is 9.47 Å². The van der Waals surface area contributed by atoms with Crippen LogP contribution in [0.5, 0.6) is 11.5 Å². The van der Waals surface area contributed by atoms with E-state index in [-0.39, 0.29) is 0 Å². The summed E-state index contributed by atoms with van der Waals surface area (Å²) in [7, 11) is 0. The molecule has 1 fully saturated rings. The molecule has 2 aliphatic heterocycles. The lowest BCUT2D eigenvalue weighted by atomic mass is 9.91. The Hall–Kier alpha value is -4.34. The highest BCUT2D eigenvalue weighted by atomic mass is 16.6. The van der Waals surface area contributed by atoms with Crippen molar-refractivity contribution in [3.05, 3.63) is 65.5 Å². The zero-order valence-corrected chi connectivity index (χ0v) is 19.6. The van der Waals surface area contributed by atoms with Crippen molar-refractivity contribution in [1.29, 1.82) is 0 Å². The van der Waals surface area contributed by atoms with E-state index in [0.29, 0.717) is 41.7 Å². The zero-order valence-electron chi connectivity index (χ0n) is 19.6. The number of ether oxygens (including phenoxy) is 2. The van der Waals surface area contributed by atoms with Crippen molar-refractivity contribution in [2.75, 3.05) is 25.1 Å². The molecule has 3 aromatic rings. The summed E-state index contributed by atoms with van der Waals surface area (Å²) in [5.41, 5.74) is 1.97. The van der Waals surface area contributed by atoms with Gasteiger partial charge in [0.1, 0.15) is 25.3 Å². The van der Waals surface area contributed by atoms with Crippen molar-refractivity contribution in [2.24, 2.45) is 0 Å². The number of aryl methyl sites for hydroxylation is 1. The molecule has 1 atom stereocenters. The molecule has 2 aromatic carbocycles. The lowest BCUT2D eigenvalue weighted by molar-refractivity contribution is -0.133. The van der Waals surface area contributed by atoms with Gasteiger partial charge in [-0.25, -0.2) is 9.48 Å². The fourth-order valence-corrected chi connectivity index (χ4v) is 4.36. The number of hydrogen-bond donors (Lipinski definition) is 2. The summed E-state index contributed by atoms with van der Waals surface area (Å²) in [6, 6.07) is 14.0. The van der Waals surface area contributed by atoms with Gasteiger partial charge in [0.15, 0.2) is 11.5 Å². The highest BCUT2D eigenvalue weighted by molar-refractivity contribution is 6.10. The van der Waals surface area contributed by atoms with Crippen LogP contribution >= 0.6 is 0 Å². The molecular weight excluding hydrogens is 450 g/mol. The summed E-state index contributed by atoms with van der Waals surface area (Å²) in [6.45, 7) is 5.66. The molecule has 180 valence electrons. The Morgan fingerprint density at radius 2 is 1.80 bits per heavy atom. The van der Waals surface area contributed by atoms with Gasteiger partial charge in [0.05, 0.1) is 22.8 Å². The minimum Gasteiger partial charge on any atom is -0.486 e. The molecule has 2 N–H and O–H groups in total. The molecule has 35 heavy (non-hydrogen) atoms. The lowest BCUT2D eigenvalue weighted by Gasteiger charge is -2.25. The molecule has 0 radical (unpaired) electrons. The normalized spacial score (nSPS) is 19.0. The quantitative estimate of drug-likeness (QED) is 0.549. The predicted octanol–water partition coefficient (Wildman–Crippen LogP) is 2.67. The van der Waals surface area contributed by atoms with Gasteiger partial charge < -0.3 is 20.1 Å². The van der Waals surface area contributed by atoms with Crippen molar-refractivity contribution < 1.29 is 23.9 Å². The second kappa shape index (κ2) is 8.46. The number of fused-ring (bicyclic) bond motifs is 1. The number of urea groups is 1. The van der Waals surface area contributed by atoms with Crippen LogP contribution in [0.3, 0.4) is 0 Å². The first-order valence-corrected chi connectivity index (χ1v) is 11.2. The van der Waals surface area contributed by atoms with E-state index >= 15 is 0 Å². The molecule has 5 rings (SSSR count). The Labute approximate surface area is 201 Å². The number of imide groups is 1. The fourth-order valence-electron chi connectivity index (χ4n) is 4.36. The molecule has 1 unspecified atom stereocenters. The van der Waals surface area contributed by atoms with Gasteiger partial charge in [-0.15, -0.1) is 0 Å². The smallest absolute Gasteiger partial charge is 0.325 e. The number of anilines is 1. The Kier molecular flexibility index (Phi) is 5.43. The largest absolute Gasteiger partial charge is 0.486 e. The molecule has 0 spiro atoms. The number of benzene rings is 2. The number of amides is 4. The lowest BCUT2D eigenvalue weighted by Crippen LogP contribution is -2.42. The highest BCUT2D eigenvalue weighted by Crippen LogP contribution is 2.37. The van der Waals surface area contributed by atoms with E-state index in [1.807, 2.05) is 37.3 Å². The van der Waals surface area contributed by atoms with E-state index in [0.717, 1.165) is 16.3 Å². The van der Waals surface area contributed by atoms with Crippen molar-refractivity contribution in [2.45, 2.75) is 26.3 Å². The van der Waals surface area contributed by atoms with Crippen LogP contribution in [-0.4, -0.2) is 52.3 Å². The van der Waals surface area contributed by atoms with Gasteiger partial charge in [0, 0.05) is 0 Å². The number of nitrogens with zero attached hydrogens (tertiary/aromatic N) is 3. The fraction of sp³-hybridized carbons (Fsp3) is 0.280. The first kappa shape index (κ1) is 22.5. The maximum Gasteiger partial charge on any atom is 0.325 e. The minimum atomic E-state index is -1.34. The number of hydrogen-bond acceptors (Lipinski definition) is 6. The molecule has 0 saturated carbocycles. The summed E-state index contributed by atoms with van der Waals surface area (Å²) in [5.74, 6) is 0.0643. The van der Waals surface area contributed by atoms with E-state index in [1.165, 1.54) is 0 Å². The standard InChI is InChI=1S/C25H25N5O5/c1-15-22(16(2)30(28-15)18-7-5-4-6-8-18)26-21(31)14-29-23(32)25(3,27-24(29)33)17-9-10-19-20(13-17)35-12-11-34-19/h4-10,13H,11-12,14H2,1-3H3,(H,26,31)(H,27,33). The summed E-state index contributed by atoms with van der Waals surface area (Å²) < 4.78 is 12.9. The second-order valence-electron chi connectivity index (χ2n) is 8.65. The molecular formula is C25H25N5O5. The van der Waals surface area contributed by atoms with Crippen LogP contribution in [0.25, 0.3) is 5.69 Å². The first-order valence-electron chi connectivity index (χ1n) is 11.2. The molecule has 1 aromatic heterocycles.